The minimum atomic E-state index is -2.74. The summed E-state index contributed by atoms with van der Waals surface area (Å²) in [5, 5.41) is 22.4. The van der Waals surface area contributed by atoms with Crippen LogP contribution in [0.5, 0.6) is 0 Å². The molecule has 8 atom stereocenters. The Balaban J connectivity index is 0.000000297. The Bertz CT molecular complexity index is 3900. The fourth-order valence-corrected chi connectivity index (χ4v) is 11.2. The van der Waals surface area contributed by atoms with Gasteiger partial charge in [-0.25, -0.2) is 56.9 Å². The van der Waals surface area contributed by atoms with E-state index in [1.165, 1.54) is 107 Å². The van der Waals surface area contributed by atoms with Crippen LogP contribution in [0.25, 0.3) is 11.3 Å². The number of ether oxygens (including phenoxy) is 8. The molecule has 0 radical (unpaired) electrons. The minimum Gasteiger partial charge on any atom is -0.459 e. The summed E-state index contributed by atoms with van der Waals surface area (Å²) in [6.07, 6.45) is 3.46. The van der Waals surface area contributed by atoms with Crippen LogP contribution in [0.15, 0.2) is 154 Å². The van der Waals surface area contributed by atoms with Gasteiger partial charge in [0.25, 0.3) is 11.6 Å². The Morgan fingerprint density at radius 3 is 1.23 bits per heavy atom. The second-order valence-corrected chi connectivity index (χ2v) is 22.8. The van der Waals surface area contributed by atoms with Crippen molar-refractivity contribution in [3.63, 3.8) is 0 Å². The molecule has 24 nitrogen and oxygen atoms in total. The van der Waals surface area contributed by atoms with E-state index in [9.17, 15) is 38.7 Å². The van der Waals surface area contributed by atoms with Crippen molar-refractivity contribution in [2.45, 2.75) is 125 Å². The van der Waals surface area contributed by atoms with Crippen LogP contribution >= 0.6 is 47.0 Å². The van der Waals surface area contributed by atoms with Gasteiger partial charge in [-0.3, -0.25) is 14.4 Å². The molecule has 4 aromatic heterocycles. The van der Waals surface area contributed by atoms with Crippen molar-refractivity contribution in [3.05, 3.63) is 167 Å². The predicted octanol–water partition coefficient (Wildman–Crippen LogP) is 10.4. The summed E-state index contributed by atoms with van der Waals surface area (Å²) < 4.78 is 80.8. The molecular weight excluding hydrogens is 1290 g/mol. The molecule has 0 amide bonds. The van der Waals surface area contributed by atoms with Gasteiger partial charge in [0.1, 0.15) is 46.9 Å². The number of imidazole rings is 2. The number of hydrogen-bond acceptors (Lipinski definition) is 26. The number of thioether (sulfide) groups is 4. The van der Waals surface area contributed by atoms with Crippen molar-refractivity contribution >= 4 is 100 Å². The van der Waals surface area contributed by atoms with Crippen molar-refractivity contribution in [1.29, 1.82) is 0 Å². The maximum absolute atomic E-state index is 17.5. The molecule has 2 saturated heterocycles. The number of halogens is 2. The number of benzene rings is 4. The third-order valence-electron chi connectivity index (χ3n) is 13.6. The topological polar surface area (TPSA) is 300 Å². The summed E-state index contributed by atoms with van der Waals surface area (Å²) in [7, 11) is 0. The maximum atomic E-state index is 17.5. The lowest BCUT2D eigenvalue weighted by Crippen LogP contribution is -2.53. The zero-order chi connectivity index (χ0) is 65.1. The highest BCUT2D eigenvalue weighted by atomic mass is 32.2. The number of aromatic nitrogens is 8. The van der Waals surface area contributed by atoms with Gasteiger partial charge in [0, 0.05) is 20.8 Å². The molecule has 496 valence electrons. The summed E-state index contributed by atoms with van der Waals surface area (Å²) >= 11 is 5.10. The fraction of sp³-hybridized carbons (Fsp3) is 0.349. The third-order valence-corrected chi connectivity index (χ3v) is 16.0. The normalized spacial score (nSPS) is 21.7. The summed E-state index contributed by atoms with van der Waals surface area (Å²) in [6, 6.07) is 32.4. The van der Waals surface area contributed by atoms with E-state index in [1.54, 1.807) is 122 Å². The van der Waals surface area contributed by atoms with Crippen molar-refractivity contribution in [1.82, 2.24) is 39.2 Å². The molecule has 10 rings (SSSR count). The highest BCUT2D eigenvalue weighted by molar-refractivity contribution is 7.99. The Morgan fingerprint density at radius 2 is 0.871 bits per heavy atom. The molecular formula is C63H70F2N8O16S4. The van der Waals surface area contributed by atoms with E-state index in [0.717, 1.165) is 20.8 Å². The van der Waals surface area contributed by atoms with Crippen LogP contribution in [0.2, 0.25) is 0 Å². The van der Waals surface area contributed by atoms with E-state index < -0.39 is 102 Å². The Hall–Kier alpha value is -8.39. The van der Waals surface area contributed by atoms with Crippen molar-refractivity contribution in [2.75, 3.05) is 38.2 Å². The molecule has 8 aromatic rings. The standard InChI is InChI=1S/C29H27FN4O7S2.C27H25FN4O6S2.C4H6O3.3CH4/c1-17(35)40-29(21-15-31-23-24(42-3)32-27(43-4)33-34(21)23)28(2,30)22(39-26(37)19-13-9-6-10-14-19)20(41-29)16-38-25(36)18-11-7-5-8-12-18;1-26(28)20(37-24(34)17-12-8-5-9-13-17)18(15-36-23(33)16-10-6-4-7-11-16)38-27(26,35)19-14-29-21-22(39-2)30-25(40-3)31-32(19)21;1-3(5)7-4(2)6;;;/h5-15,20,22H,16H2,1-4H3;4-14,18,20,35H,15H2,1-3H3;1-2H3;3*1H4/t20-,22-,28-,29?;18-,20-,26-,27?;;;;/m11..../s1. The molecule has 6 heterocycles. The number of hydrogen-bond donors (Lipinski definition) is 1. The molecule has 30 heteroatoms. The lowest BCUT2D eigenvalue weighted by molar-refractivity contribution is -0.271. The largest absolute Gasteiger partial charge is 0.459 e. The molecule has 2 aliphatic rings. The van der Waals surface area contributed by atoms with Crippen LogP contribution in [-0.2, 0) is 63.9 Å². The van der Waals surface area contributed by atoms with Gasteiger partial charge in [0.15, 0.2) is 23.5 Å². The quantitative estimate of drug-likeness (QED) is 0.0383. The molecule has 0 aliphatic carbocycles. The van der Waals surface area contributed by atoms with Crippen molar-refractivity contribution < 1.29 is 85.3 Å². The van der Waals surface area contributed by atoms with E-state index in [0.29, 0.717) is 20.4 Å². The van der Waals surface area contributed by atoms with Gasteiger partial charge in [-0.05, 0) is 87.4 Å². The first-order valence-corrected chi connectivity index (χ1v) is 31.8. The van der Waals surface area contributed by atoms with Gasteiger partial charge in [0.2, 0.25) is 21.7 Å². The second kappa shape index (κ2) is 32.4. The van der Waals surface area contributed by atoms with Crippen LogP contribution in [0.4, 0.5) is 8.78 Å². The molecule has 4 aromatic carbocycles. The third kappa shape index (κ3) is 16.3. The van der Waals surface area contributed by atoms with Crippen LogP contribution < -0.4 is 0 Å². The first-order valence-electron chi connectivity index (χ1n) is 26.9. The van der Waals surface area contributed by atoms with Gasteiger partial charge in [0.05, 0.1) is 34.6 Å². The monoisotopic (exact) mass is 1360 g/mol. The van der Waals surface area contributed by atoms with Gasteiger partial charge >= 0.3 is 41.8 Å². The van der Waals surface area contributed by atoms with E-state index >= 15 is 8.78 Å². The Morgan fingerprint density at radius 1 is 0.516 bits per heavy atom. The number of aliphatic hydroxyl groups is 1. The zero-order valence-electron chi connectivity index (χ0n) is 49.5. The van der Waals surface area contributed by atoms with Gasteiger partial charge in [-0.15, -0.1) is 33.7 Å². The second-order valence-electron chi connectivity index (χ2n) is 19.7. The molecule has 2 unspecified atom stereocenters. The van der Waals surface area contributed by atoms with Gasteiger partial charge < -0.3 is 43.0 Å². The molecule has 0 bridgehead atoms. The van der Waals surface area contributed by atoms with Crippen LogP contribution in [0.3, 0.4) is 0 Å². The van der Waals surface area contributed by atoms with Crippen LogP contribution in [0.1, 0.15) is 110 Å². The number of fused-ring (bicyclic) bond motifs is 2. The molecule has 93 heavy (non-hydrogen) atoms. The first-order chi connectivity index (χ1) is 42.9. The van der Waals surface area contributed by atoms with Crippen molar-refractivity contribution in [3.8, 4) is 0 Å². The number of alkyl halides is 2. The SMILES string of the molecule is C.C.C.CC(=O)OC(C)=O.CSc1nc(SC)c2ncc(C3(O)O[C@H](COC(=O)c4ccccc4)[C@@H](OC(=O)c4ccccc4)[C@@]3(C)F)n2n1.CSc1nc(SC)c2ncc(C3(OC(C)=O)O[C@H](COC(=O)c4ccccc4)[C@@H](OC(=O)c4ccccc4)[C@@]3(C)F)n2n1. The fourth-order valence-electron chi connectivity index (χ4n) is 9.41. The van der Waals surface area contributed by atoms with Gasteiger partial charge in [-0.1, -0.05) is 119 Å². The first kappa shape index (κ1) is 75.3. The van der Waals surface area contributed by atoms with Crippen LogP contribution in [0, 0.1) is 0 Å². The van der Waals surface area contributed by atoms with Crippen LogP contribution in [-0.4, -0.2) is 160 Å². The molecule has 1 N–H and O–H groups in total. The Kier molecular flexibility index (Phi) is 26.3. The predicted molar refractivity (Wildman–Crippen MR) is 342 cm³/mol. The average Bonchev–Trinajstić information content (AvgIpc) is 1.57. The van der Waals surface area contributed by atoms with E-state index in [2.05, 4.69) is 34.9 Å². The molecule has 2 fully saturated rings. The summed E-state index contributed by atoms with van der Waals surface area (Å²) in [4.78, 5) is 101. The highest BCUT2D eigenvalue weighted by Gasteiger charge is 2.72. The van der Waals surface area contributed by atoms with E-state index in [1.807, 2.05) is 0 Å². The summed E-state index contributed by atoms with van der Waals surface area (Å²) in [6.45, 7) is 4.54. The van der Waals surface area contributed by atoms with E-state index in [-0.39, 0.29) is 67.2 Å². The number of nitrogens with zero attached hydrogens (tertiary/aromatic N) is 8. The maximum Gasteiger partial charge on any atom is 0.338 e. The zero-order valence-corrected chi connectivity index (χ0v) is 52.7. The number of esters is 7. The Labute approximate surface area is 551 Å². The molecule has 0 spiro atoms. The van der Waals surface area contributed by atoms with Gasteiger partial charge in [-0.2, -0.15) is 0 Å². The van der Waals surface area contributed by atoms with E-state index in [4.69, 9.17) is 33.2 Å². The minimum absolute atomic E-state index is 0. The summed E-state index contributed by atoms with van der Waals surface area (Å²) in [5.74, 6) is -10.3. The van der Waals surface area contributed by atoms with Crippen molar-refractivity contribution in [2.24, 2.45) is 0 Å². The summed E-state index contributed by atoms with van der Waals surface area (Å²) in [5.41, 5.74) is -4.32. The number of rotatable bonds is 17. The molecule has 0 saturated carbocycles. The lowest BCUT2D eigenvalue weighted by atomic mass is 9.89. The highest BCUT2D eigenvalue weighted by Crippen LogP contribution is 2.53. The smallest absolute Gasteiger partial charge is 0.338 e. The average molecular weight is 1360 g/mol. The molecule has 2 aliphatic heterocycles. The number of carbonyl (C=O) groups excluding carboxylic acids is 7. The number of carbonyl (C=O) groups is 7. The lowest BCUT2D eigenvalue weighted by Gasteiger charge is -2.35.